The molecule has 0 atom stereocenters. The van der Waals surface area contributed by atoms with Gasteiger partial charge in [0.15, 0.2) is 11.6 Å². The Bertz CT molecular complexity index is 496. The minimum absolute atomic E-state index is 0.224. The Morgan fingerprint density at radius 2 is 2.19 bits per heavy atom. The van der Waals surface area contributed by atoms with E-state index in [1.54, 1.807) is 36.0 Å². The topological polar surface area (TPSA) is 53.1 Å². The number of rotatable bonds is 3. The number of aryl methyl sites for hydroxylation is 1. The number of anilines is 1. The fourth-order valence-corrected chi connectivity index (χ4v) is 1.38. The summed E-state index contributed by atoms with van der Waals surface area (Å²) in [6, 6.07) is 7.96. The summed E-state index contributed by atoms with van der Waals surface area (Å²) in [6.07, 6.45) is 0. The molecule has 0 radical (unpaired) electrons. The van der Waals surface area contributed by atoms with Gasteiger partial charge in [0.05, 0.1) is 5.69 Å². The van der Waals surface area contributed by atoms with Gasteiger partial charge in [-0.25, -0.2) is 4.39 Å². The molecule has 2 rings (SSSR count). The molecule has 0 aliphatic rings. The summed E-state index contributed by atoms with van der Waals surface area (Å²) in [5.74, 6) is 0.273. The van der Waals surface area contributed by atoms with Crippen LogP contribution >= 0.6 is 0 Å². The zero-order chi connectivity index (χ0) is 11.5. The van der Waals surface area contributed by atoms with Crippen molar-refractivity contribution in [2.24, 2.45) is 7.05 Å². The van der Waals surface area contributed by atoms with E-state index in [2.05, 4.69) is 5.10 Å². The summed E-state index contributed by atoms with van der Waals surface area (Å²) >= 11 is 0. The first-order valence-electron chi connectivity index (χ1n) is 4.82. The van der Waals surface area contributed by atoms with Gasteiger partial charge in [0.2, 0.25) is 0 Å². The first-order chi connectivity index (χ1) is 7.66. The van der Waals surface area contributed by atoms with Crippen LogP contribution in [0, 0.1) is 5.82 Å². The second kappa shape index (κ2) is 4.22. The molecular weight excluding hydrogens is 209 g/mol. The number of halogens is 1. The van der Waals surface area contributed by atoms with E-state index in [-0.39, 0.29) is 18.2 Å². The van der Waals surface area contributed by atoms with Crippen molar-refractivity contribution in [3.8, 4) is 5.75 Å². The first kappa shape index (κ1) is 10.5. The molecule has 5 heteroatoms. The van der Waals surface area contributed by atoms with Crippen LogP contribution in [0.25, 0.3) is 0 Å². The standard InChI is InChI=1S/C11H12FN3O/c1-15-8(6-11(13)14-15)7-16-10-5-3-2-4-9(10)12/h2-6H,7H2,1H3,(H2,13,14). The van der Waals surface area contributed by atoms with Gasteiger partial charge in [0.1, 0.15) is 12.4 Å². The van der Waals surface area contributed by atoms with Gasteiger partial charge in [0, 0.05) is 13.1 Å². The molecule has 0 amide bonds. The highest BCUT2D eigenvalue weighted by atomic mass is 19.1. The second-order valence-electron chi connectivity index (χ2n) is 3.40. The number of nitrogens with two attached hydrogens (primary N) is 1. The Morgan fingerprint density at radius 1 is 1.44 bits per heavy atom. The molecule has 0 spiro atoms. The summed E-state index contributed by atoms with van der Waals surface area (Å²) in [7, 11) is 1.76. The molecule has 84 valence electrons. The van der Waals surface area contributed by atoms with Crippen LogP contribution in [0.15, 0.2) is 30.3 Å². The number of para-hydroxylation sites is 1. The van der Waals surface area contributed by atoms with Gasteiger partial charge in [-0.1, -0.05) is 12.1 Å². The lowest BCUT2D eigenvalue weighted by atomic mass is 10.3. The lowest BCUT2D eigenvalue weighted by molar-refractivity contribution is 0.280. The number of benzene rings is 1. The largest absolute Gasteiger partial charge is 0.484 e. The quantitative estimate of drug-likeness (QED) is 0.858. The van der Waals surface area contributed by atoms with Crippen LogP contribution in [0.1, 0.15) is 5.69 Å². The van der Waals surface area contributed by atoms with Gasteiger partial charge in [-0.3, -0.25) is 4.68 Å². The molecule has 2 N–H and O–H groups in total. The maximum absolute atomic E-state index is 13.2. The second-order valence-corrected chi connectivity index (χ2v) is 3.40. The minimum atomic E-state index is -0.377. The Hall–Kier alpha value is -2.04. The Labute approximate surface area is 92.4 Å². The van der Waals surface area contributed by atoms with Gasteiger partial charge in [-0.15, -0.1) is 0 Å². The molecule has 1 aromatic heterocycles. The van der Waals surface area contributed by atoms with Crippen LogP contribution in [-0.2, 0) is 13.7 Å². The van der Waals surface area contributed by atoms with E-state index in [9.17, 15) is 4.39 Å². The van der Waals surface area contributed by atoms with Crippen molar-refractivity contribution in [2.75, 3.05) is 5.73 Å². The Kier molecular flexibility index (Phi) is 2.76. The number of nitrogen functional groups attached to an aromatic ring is 1. The monoisotopic (exact) mass is 221 g/mol. The molecule has 0 aliphatic heterocycles. The summed E-state index contributed by atoms with van der Waals surface area (Å²) in [5, 5.41) is 3.97. The highest BCUT2D eigenvalue weighted by Gasteiger charge is 2.05. The van der Waals surface area contributed by atoms with Crippen molar-refractivity contribution >= 4 is 5.82 Å². The van der Waals surface area contributed by atoms with Gasteiger partial charge >= 0.3 is 0 Å². The van der Waals surface area contributed by atoms with E-state index in [4.69, 9.17) is 10.5 Å². The van der Waals surface area contributed by atoms with Crippen LogP contribution in [0.3, 0.4) is 0 Å². The zero-order valence-electron chi connectivity index (χ0n) is 8.85. The van der Waals surface area contributed by atoms with Gasteiger partial charge in [0.25, 0.3) is 0 Å². The summed E-state index contributed by atoms with van der Waals surface area (Å²) < 4.78 is 20.2. The van der Waals surface area contributed by atoms with E-state index >= 15 is 0 Å². The fraction of sp³-hybridized carbons (Fsp3) is 0.182. The van der Waals surface area contributed by atoms with E-state index in [1.165, 1.54) is 6.07 Å². The third-order valence-corrected chi connectivity index (χ3v) is 2.21. The average Bonchev–Trinajstić information content (AvgIpc) is 2.56. The molecule has 0 saturated heterocycles. The van der Waals surface area contributed by atoms with Crippen molar-refractivity contribution in [1.29, 1.82) is 0 Å². The number of hydrogen-bond acceptors (Lipinski definition) is 3. The number of ether oxygens (including phenoxy) is 1. The Morgan fingerprint density at radius 3 is 2.81 bits per heavy atom. The molecular formula is C11H12FN3O. The molecule has 16 heavy (non-hydrogen) atoms. The lowest BCUT2D eigenvalue weighted by Gasteiger charge is -2.06. The van der Waals surface area contributed by atoms with Crippen molar-refractivity contribution in [2.45, 2.75) is 6.61 Å². The van der Waals surface area contributed by atoms with Gasteiger partial charge in [-0.2, -0.15) is 5.10 Å². The normalized spacial score (nSPS) is 10.4. The molecule has 0 unspecified atom stereocenters. The summed E-state index contributed by atoms with van der Waals surface area (Å²) in [5.41, 5.74) is 6.31. The predicted octanol–water partition coefficient (Wildman–Crippen LogP) is 1.72. The third kappa shape index (κ3) is 2.13. The SMILES string of the molecule is Cn1nc(N)cc1COc1ccccc1F. The van der Waals surface area contributed by atoms with E-state index in [1.807, 2.05) is 0 Å². The number of hydrogen-bond donors (Lipinski definition) is 1. The smallest absolute Gasteiger partial charge is 0.165 e. The van der Waals surface area contributed by atoms with E-state index < -0.39 is 0 Å². The zero-order valence-corrected chi connectivity index (χ0v) is 8.85. The van der Waals surface area contributed by atoms with Crippen LogP contribution < -0.4 is 10.5 Å². The molecule has 0 saturated carbocycles. The molecule has 2 aromatic rings. The van der Waals surface area contributed by atoms with Gasteiger partial charge in [-0.05, 0) is 12.1 Å². The van der Waals surface area contributed by atoms with Gasteiger partial charge < -0.3 is 10.5 Å². The average molecular weight is 221 g/mol. The van der Waals surface area contributed by atoms with E-state index in [0.29, 0.717) is 5.82 Å². The molecule has 0 bridgehead atoms. The highest BCUT2D eigenvalue weighted by molar-refractivity contribution is 5.30. The lowest BCUT2D eigenvalue weighted by Crippen LogP contribution is -2.03. The van der Waals surface area contributed by atoms with Crippen LogP contribution in [-0.4, -0.2) is 9.78 Å². The third-order valence-electron chi connectivity index (χ3n) is 2.21. The minimum Gasteiger partial charge on any atom is -0.484 e. The van der Waals surface area contributed by atoms with Crippen LogP contribution in [0.4, 0.5) is 10.2 Å². The molecule has 0 aliphatic carbocycles. The first-order valence-corrected chi connectivity index (χ1v) is 4.82. The molecule has 1 heterocycles. The maximum atomic E-state index is 13.2. The fourth-order valence-electron chi connectivity index (χ4n) is 1.38. The van der Waals surface area contributed by atoms with Crippen molar-refractivity contribution in [3.63, 3.8) is 0 Å². The number of aromatic nitrogens is 2. The summed E-state index contributed by atoms with van der Waals surface area (Å²) in [4.78, 5) is 0. The maximum Gasteiger partial charge on any atom is 0.165 e. The van der Waals surface area contributed by atoms with Crippen molar-refractivity contribution < 1.29 is 9.13 Å². The van der Waals surface area contributed by atoms with Crippen molar-refractivity contribution in [1.82, 2.24) is 9.78 Å². The van der Waals surface area contributed by atoms with E-state index in [0.717, 1.165) is 5.69 Å². The highest BCUT2D eigenvalue weighted by Crippen LogP contribution is 2.17. The van der Waals surface area contributed by atoms with Crippen LogP contribution in [0.5, 0.6) is 5.75 Å². The molecule has 4 nitrogen and oxygen atoms in total. The van der Waals surface area contributed by atoms with Crippen molar-refractivity contribution in [3.05, 3.63) is 41.8 Å². The summed E-state index contributed by atoms with van der Waals surface area (Å²) in [6.45, 7) is 0.238. The number of nitrogens with zero attached hydrogens (tertiary/aromatic N) is 2. The van der Waals surface area contributed by atoms with Crippen LogP contribution in [0.2, 0.25) is 0 Å². The molecule has 1 aromatic carbocycles. The molecule has 0 fully saturated rings. The predicted molar refractivity (Wildman–Crippen MR) is 58.4 cm³/mol. The Balaban J connectivity index is 2.08.